The molecule has 1 aromatic carbocycles. The molecule has 0 spiro atoms. The summed E-state index contributed by atoms with van der Waals surface area (Å²) >= 11 is 0. The zero-order valence-electron chi connectivity index (χ0n) is 12.9. The SMILES string of the molecule is CCCCCCCCc1ccc(O)cc1.S.[Ba+2].[H-].[H-]. The van der Waals surface area contributed by atoms with E-state index in [1.165, 1.54) is 44.1 Å². The van der Waals surface area contributed by atoms with Gasteiger partial charge in [-0.1, -0.05) is 51.2 Å². The molecule has 1 aromatic rings. The van der Waals surface area contributed by atoms with E-state index in [4.69, 9.17) is 5.11 Å². The van der Waals surface area contributed by atoms with Gasteiger partial charge < -0.3 is 7.96 Å². The standard InChI is InChI=1S/C14H22O.Ba.H2S.2H/c1-2-3-4-5-6-7-8-13-9-11-14(15)12-10-13;;;;/h9-12,15H,2-8H2,1H3;;1H2;;/q;+2;;2*-1. The number of phenolic OH excluding ortho intramolecular Hbond substituents is 1. The van der Waals surface area contributed by atoms with Gasteiger partial charge in [0, 0.05) is 0 Å². The molecular weight excluding hydrogens is 354 g/mol. The predicted molar refractivity (Wildman–Crippen MR) is 83.5 cm³/mol. The number of aromatic hydroxyl groups is 1. The van der Waals surface area contributed by atoms with E-state index < -0.39 is 0 Å². The van der Waals surface area contributed by atoms with E-state index in [9.17, 15) is 0 Å². The Morgan fingerprint density at radius 2 is 1.47 bits per heavy atom. The number of phenols is 1. The molecule has 0 saturated carbocycles. The van der Waals surface area contributed by atoms with Crippen molar-refractivity contribution in [2.75, 3.05) is 0 Å². The van der Waals surface area contributed by atoms with Crippen LogP contribution in [0.15, 0.2) is 24.3 Å². The van der Waals surface area contributed by atoms with Gasteiger partial charge in [0.15, 0.2) is 0 Å². The fourth-order valence-electron chi connectivity index (χ4n) is 1.77. The van der Waals surface area contributed by atoms with E-state index in [0.717, 1.165) is 6.42 Å². The fraction of sp³-hybridized carbons (Fsp3) is 0.571. The number of benzene rings is 1. The first-order valence-corrected chi connectivity index (χ1v) is 6.11. The normalized spacial score (nSPS) is 9.24. The van der Waals surface area contributed by atoms with Crippen molar-refractivity contribution < 1.29 is 7.96 Å². The Morgan fingerprint density at radius 3 is 2.06 bits per heavy atom. The summed E-state index contributed by atoms with van der Waals surface area (Å²) in [6.07, 6.45) is 9.19. The van der Waals surface area contributed by atoms with Crippen LogP contribution in [-0.4, -0.2) is 54.0 Å². The van der Waals surface area contributed by atoms with Gasteiger partial charge in [-0.05, 0) is 30.5 Å². The van der Waals surface area contributed by atoms with Crippen LogP contribution in [0.1, 0.15) is 53.9 Å². The van der Waals surface area contributed by atoms with Crippen molar-refractivity contribution in [2.45, 2.75) is 51.9 Å². The predicted octanol–water partition coefficient (Wildman–Crippen LogP) is 4.25. The van der Waals surface area contributed by atoms with Gasteiger partial charge >= 0.3 is 48.9 Å². The maximum atomic E-state index is 9.13. The average Bonchev–Trinajstić information content (AvgIpc) is 2.26. The molecule has 1 nitrogen and oxygen atoms in total. The molecule has 0 heterocycles. The molecule has 0 saturated heterocycles. The monoisotopic (exact) mass is 380 g/mol. The molecule has 3 heteroatoms. The van der Waals surface area contributed by atoms with Crippen molar-refractivity contribution in [3.05, 3.63) is 29.8 Å². The number of hydrogen-bond donors (Lipinski definition) is 1. The number of hydrogen-bond acceptors (Lipinski definition) is 1. The van der Waals surface area contributed by atoms with Crippen molar-refractivity contribution >= 4 is 62.4 Å². The van der Waals surface area contributed by atoms with Crippen molar-refractivity contribution in [2.24, 2.45) is 0 Å². The molecule has 0 amide bonds. The molecule has 0 unspecified atom stereocenters. The van der Waals surface area contributed by atoms with E-state index in [-0.39, 0.29) is 65.2 Å². The van der Waals surface area contributed by atoms with Crippen LogP contribution >= 0.6 is 13.5 Å². The van der Waals surface area contributed by atoms with Crippen molar-refractivity contribution in [3.63, 3.8) is 0 Å². The van der Waals surface area contributed by atoms with Crippen LogP contribution in [0, 0.1) is 0 Å². The first kappa shape index (κ1) is 20.3. The van der Waals surface area contributed by atoms with Gasteiger partial charge in [-0.25, -0.2) is 0 Å². The molecule has 1 N–H and O–H groups in total. The largest absolute Gasteiger partial charge is 2.00 e. The molecule has 0 aliphatic carbocycles. The van der Waals surface area contributed by atoms with E-state index >= 15 is 0 Å². The average molecular weight is 380 g/mol. The Balaban J connectivity index is -0.000000281. The molecule has 17 heavy (non-hydrogen) atoms. The summed E-state index contributed by atoms with van der Waals surface area (Å²) < 4.78 is 0. The van der Waals surface area contributed by atoms with Crippen LogP contribution in [0.5, 0.6) is 5.75 Å². The van der Waals surface area contributed by atoms with Crippen LogP contribution in [0.4, 0.5) is 0 Å². The Hall–Kier alpha value is 0.941. The van der Waals surface area contributed by atoms with Gasteiger partial charge in [0.25, 0.3) is 0 Å². The molecular formula is C14H26BaOS. The maximum Gasteiger partial charge on any atom is 2.00 e. The van der Waals surface area contributed by atoms with Gasteiger partial charge in [-0.15, -0.1) is 0 Å². The molecule has 96 valence electrons. The van der Waals surface area contributed by atoms with Gasteiger partial charge in [0.05, 0.1) is 0 Å². The van der Waals surface area contributed by atoms with Crippen LogP contribution < -0.4 is 0 Å². The van der Waals surface area contributed by atoms with E-state index in [1.807, 2.05) is 12.1 Å². The van der Waals surface area contributed by atoms with Crippen LogP contribution in [0.2, 0.25) is 0 Å². The van der Waals surface area contributed by atoms with E-state index in [2.05, 4.69) is 6.92 Å². The molecule has 0 aliphatic rings. The zero-order valence-corrected chi connectivity index (χ0v) is 16.4. The van der Waals surface area contributed by atoms with Crippen molar-refractivity contribution in [1.29, 1.82) is 0 Å². The number of rotatable bonds is 7. The molecule has 1 rings (SSSR count). The van der Waals surface area contributed by atoms with Crippen LogP contribution in [0.25, 0.3) is 0 Å². The summed E-state index contributed by atoms with van der Waals surface area (Å²) in [7, 11) is 0. The Labute approximate surface area is 156 Å². The summed E-state index contributed by atoms with van der Waals surface area (Å²) in [6, 6.07) is 7.57. The molecule has 0 fully saturated rings. The topological polar surface area (TPSA) is 20.2 Å². The third-order valence-electron chi connectivity index (χ3n) is 2.76. The summed E-state index contributed by atoms with van der Waals surface area (Å²) in [4.78, 5) is 0. The first-order valence-electron chi connectivity index (χ1n) is 6.11. The zero-order chi connectivity index (χ0) is 10.9. The quantitative estimate of drug-likeness (QED) is 0.554. The molecule has 0 bridgehead atoms. The van der Waals surface area contributed by atoms with Gasteiger partial charge in [0.2, 0.25) is 0 Å². The second-order valence-electron chi connectivity index (χ2n) is 4.18. The second-order valence-corrected chi connectivity index (χ2v) is 4.18. The van der Waals surface area contributed by atoms with Crippen molar-refractivity contribution in [1.82, 2.24) is 0 Å². The molecule has 0 aromatic heterocycles. The first-order chi connectivity index (χ1) is 7.33. The fourth-order valence-corrected chi connectivity index (χ4v) is 1.77. The minimum absolute atomic E-state index is 0. The Bertz CT molecular complexity index is 271. The maximum absolute atomic E-state index is 9.13. The van der Waals surface area contributed by atoms with E-state index in [1.54, 1.807) is 12.1 Å². The van der Waals surface area contributed by atoms with Crippen LogP contribution in [0.3, 0.4) is 0 Å². The molecule has 0 aliphatic heterocycles. The number of unbranched alkanes of at least 4 members (excludes halogenated alkanes) is 5. The van der Waals surface area contributed by atoms with E-state index in [0.29, 0.717) is 5.75 Å². The van der Waals surface area contributed by atoms with Crippen LogP contribution in [-0.2, 0) is 6.42 Å². The summed E-state index contributed by atoms with van der Waals surface area (Å²) in [5.74, 6) is 0.363. The summed E-state index contributed by atoms with van der Waals surface area (Å²) in [5.41, 5.74) is 1.34. The minimum atomic E-state index is 0. The van der Waals surface area contributed by atoms with Gasteiger partial charge in [0.1, 0.15) is 5.75 Å². The molecule has 0 radical (unpaired) electrons. The van der Waals surface area contributed by atoms with Gasteiger partial charge in [-0.2, -0.15) is 13.5 Å². The Morgan fingerprint density at radius 1 is 0.941 bits per heavy atom. The second kappa shape index (κ2) is 13.4. The summed E-state index contributed by atoms with van der Waals surface area (Å²) in [6.45, 7) is 2.25. The van der Waals surface area contributed by atoms with Gasteiger partial charge in [-0.3, -0.25) is 0 Å². The number of aryl methyl sites for hydroxylation is 1. The van der Waals surface area contributed by atoms with Crippen molar-refractivity contribution in [3.8, 4) is 5.75 Å². The summed E-state index contributed by atoms with van der Waals surface area (Å²) in [5, 5.41) is 9.13. The molecule has 0 atom stereocenters. The minimum Gasteiger partial charge on any atom is -1.00 e. The smallest absolute Gasteiger partial charge is 1.00 e. The third kappa shape index (κ3) is 10.5. The Kier molecular flexibility index (Phi) is 15.9. The third-order valence-corrected chi connectivity index (χ3v) is 2.76.